The molecule has 104 valence electrons. The van der Waals surface area contributed by atoms with Gasteiger partial charge in [-0.15, -0.1) is 0 Å². The highest BCUT2D eigenvalue weighted by atomic mass is 16.6. The van der Waals surface area contributed by atoms with Crippen LogP contribution in [0.5, 0.6) is 0 Å². The lowest BCUT2D eigenvalue weighted by atomic mass is 10.1. The van der Waals surface area contributed by atoms with Crippen LogP contribution in [0.3, 0.4) is 0 Å². The summed E-state index contributed by atoms with van der Waals surface area (Å²) in [6, 6.07) is 0.179. The highest BCUT2D eigenvalue weighted by Gasteiger charge is 2.27. The quantitative estimate of drug-likeness (QED) is 0.782. The van der Waals surface area contributed by atoms with Gasteiger partial charge in [0.25, 0.3) is 0 Å². The standard InChI is InChI=1S/C13H24N2O3/c1-10(17-5)8-11-9-15(7-6-14-11)12(16)18-13(2,3)4/h11,14H,1,6-9H2,2-5H3/t11-/m0/s1. The van der Waals surface area contributed by atoms with E-state index in [1.165, 1.54) is 0 Å². The van der Waals surface area contributed by atoms with Crippen LogP contribution in [0.1, 0.15) is 27.2 Å². The Morgan fingerprint density at radius 1 is 1.50 bits per heavy atom. The van der Waals surface area contributed by atoms with E-state index in [4.69, 9.17) is 9.47 Å². The normalized spacial score (nSPS) is 20.4. The summed E-state index contributed by atoms with van der Waals surface area (Å²) in [5, 5.41) is 3.34. The first-order valence-corrected chi connectivity index (χ1v) is 6.25. The van der Waals surface area contributed by atoms with Crippen LogP contribution in [0.15, 0.2) is 12.3 Å². The van der Waals surface area contributed by atoms with Crippen LogP contribution in [-0.4, -0.2) is 49.4 Å². The molecule has 1 saturated heterocycles. The minimum absolute atomic E-state index is 0.179. The number of methoxy groups -OCH3 is 1. The molecule has 0 unspecified atom stereocenters. The fourth-order valence-electron chi connectivity index (χ4n) is 1.81. The molecule has 1 amide bonds. The van der Waals surface area contributed by atoms with E-state index in [2.05, 4.69) is 11.9 Å². The lowest BCUT2D eigenvalue weighted by molar-refractivity contribution is 0.0191. The molecule has 0 aliphatic carbocycles. The van der Waals surface area contributed by atoms with E-state index in [1.807, 2.05) is 20.8 Å². The fourth-order valence-corrected chi connectivity index (χ4v) is 1.81. The zero-order valence-electron chi connectivity index (χ0n) is 11.8. The summed E-state index contributed by atoms with van der Waals surface area (Å²) in [7, 11) is 1.61. The van der Waals surface area contributed by atoms with Crippen molar-refractivity contribution in [1.82, 2.24) is 10.2 Å². The zero-order valence-corrected chi connectivity index (χ0v) is 11.8. The van der Waals surface area contributed by atoms with Crippen molar-refractivity contribution in [3.8, 4) is 0 Å². The fraction of sp³-hybridized carbons (Fsp3) is 0.769. The van der Waals surface area contributed by atoms with Gasteiger partial charge in [-0.1, -0.05) is 6.58 Å². The molecule has 0 bridgehead atoms. The third kappa shape index (κ3) is 4.96. The van der Waals surface area contributed by atoms with Crippen LogP contribution < -0.4 is 5.32 Å². The van der Waals surface area contributed by atoms with Gasteiger partial charge in [-0.3, -0.25) is 0 Å². The lowest BCUT2D eigenvalue weighted by Crippen LogP contribution is -2.53. The van der Waals surface area contributed by atoms with Crippen LogP contribution in [0.2, 0.25) is 0 Å². The summed E-state index contributed by atoms with van der Waals surface area (Å²) in [6.45, 7) is 11.5. The smallest absolute Gasteiger partial charge is 0.410 e. The molecule has 1 aliphatic heterocycles. The number of hydrogen-bond donors (Lipinski definition) is 1. The first-order chi connectivity index (χ1) is 8.31. The molecule has 0 aromatic heterocycles. The molecule has 1 heterocycles. The molecule has 0 saturated carbocycles. The number of hydrogen-bond acceptors (Lipinski definition) is 4. The zero-order chi connectivity index (χ0) is 13.8. The Morgan fingerprint density at radius 2 is 2.17 bits per heavy atom. The predicted molar refractivity (Wildman–Crippen MR) is 70.4 cm³/mol. The molecule has 0 aromatic carbocycles. The number of carbonyl (C=O) groups is 1. The van der Waals surface area contributed by atoms with Crippen molar-refractivity contribution in [2.45, 2.75) is 38.8 Å². The molecule has 0 aromatic rings. The molecule has 1 fully saturated rings. The molecular formula is C13H24N2O3. The van der Waals surface area contributed by atoms with Crippen LogP contribution in [-0.2, 0) is 9.47 Å². The molecule has 18 heavy (non-hydrogen) atoms. The number of nitrogens with one attached hydrogen (secondary N) is 1. The summed E-state index contributed by atoms with van der Waals surface area (Å²) in [6.07, 6.45) is 0.451. The maximum atomic E-state index is 11.9. The third-order valence-corrected chi connectivity index (χ3v) is 2.67. The second-order valence-electron chi connectivity index (χ2n) is 5.52. The molecule has 1 rings (SSSR count). The Kier molecular flexibility index (Phi) is 5.02. The topological polar surface area (TPSA) is 50.8 Å². The predicted octanol–water partition coefficient (Wildman–Crippen LogP) is 1.75. The van der Waals surface area contributed by atoms with E-state index in [1.54, 1.807) is 12.0 Å². The Bertz CT molecular complexity index is 310. The van der Waals surface area contributed by atoms with Crippen LogP contribution >= 0.6 is 0 Å². The molecule has 5 nitrogen and oxygen atoms in total. The van der Waals surface area contributed by atoms with Crippen molar-refractivity contribution in [2.24, 2.45) is 0 Å². The second-order valence-corrected chi connectivity index (χ2v) is 5.52. The minimum atomic E-state index is -0.451. The molecule has 1 aliphatic rings. The lowest BCUT2D eigenvalue weighted by Gasteiger charge is -2.35. The third-order valence-electron chi connectivity index (χ3n) is 2.67. The number of amides is 1. The Hall–Kier alpha value is -1.23. The van der Waals surface area contributed by atoms with Gasteiger partial charge >= 0.3 is 6.09 Å². The van der Waals surface area contributed by atoms with Crippen molar-refractivity contribution in [1.29, 1.82) is 0 Å². The number of ether oxygens (including phenoxy) is 2. The maximum Gasteiger partial charge on any atom is 0.410 e. The largest absolute Gasteiger partial charge is 0.502 e. The minimum Gasteiger partial charge on any atom is -0.502 e. The molecule has 1 atom stereocenters. The van der Waals surface area contributed by atoms with Gasteiger partial charge < -0.3 is 19.7 Å². The van der Waals surface area contributed by atoms with Gasteiger partial charge in [0, 0.05) is 32.1 Å². The van der Waals surface area contributed by atoms with Crippen LogP contribution in [0.25, 0.3) is 0 Å². The van der Waals surface area contributed by atoms with Crippen molar-refractivity contribution in [3.63, 3.8) is 0 Å². The molecule has 0 spiro atoms. The summed E-state index contributed by atoms with van der Waals surface area (Å²) < 4.78 is 10.4. The Balaban J connectivity index is 2.48. The molecular weight excluding hydrogens is 232 g/mol. The van der Waals surface area contributed by atoms with Crippen molar-refractivity contribution < 1.29 is 14.3 Å². The Labute approximate surface area is 109 Å². The van der Waals surface area contributed by atoms with E-state index in [0.29, 0.717) is 19.5 Å². The summed E-state index contributed by atoms with van der Waals surface area (Å²) in [5.74, 6) is 0.721. The van der Waals surface area contributed by atoms with Gasteiger partial charge in [0.1, 0.15) is 5.60 Å². The van der Waals surface area contributed by atoms with Gasteiger partial charge in [0.05, 0.1) is 12.9 Å². The van der Waals surface area contributed by atoms with Crippen molar-refractivity contribution >= 4 is 6.09 Å². The highest BCUT2D eigenvalue weighted by Crippen LogP contribution is 2.13. The average molecular weight is 256 g/mol. The average Bonchev–Trinajstić information content (AvgIpc) is 2.27. The van der Waals surface area contributed by atoms with E-state index in [0.717, 1.165) is 12.3 Å². The van der Waals surface area contributed by atoms with Gasteiger partial charge in [-0.25, -0.2) is 4.79 Å². The number of rotatable bonds is 3. The van der Waals surface area contributed by atoms with Crippen molar-refractivity contribution in [3.05, 3.63) is 12.3 Å². The first-order valence-electron chi connectivity index (χ1n) is 6.25. The van der Waals surface area contributed by atoms with E-state index >= 15 is 0 Å². The number of nitrogens with zero attached hydrogens (tertiary/aromatic N) is 1. The summed E-state index contributed by atoms with van der Waals surface area (Å²) in [5.41, 5.74) is -0.451. The van der Waals surface area contributed by atoms with Gasteiger partial charge in [0.15, 0.2) is 0 Å². The first kappa shape index (κ1) is 14.8. The van der Waals surface area contributed by atoms with Gasteiger partial charge in [0.2, 0.25) is 0 Å². The highest BCUT2D eigenvalue weighted by molar-refractivity contribution is 5.68. The maximum absolute atomic E-state index is 11.9. The van der Waals surface area contributed by atoms with E-state index < -0.39 is 5.60 Å². The van der Waals surface area contributed by atoms with E-state index in [-0.39, 0.29) is 12.1 Å². The molecule has 5 heteroatoms. The number of piperazine rings is 1. The summed E-state index contributed by atoms with van der Waals surface area (Å²) >= 11 is 0. The SMILES string of the molecule is C=C(C[C@H]1CN(C(=O)OC(C)(C)C)CCN1)OC. The Morgan fingerprint density at radius 3 is 2.72 bits per heavy atom. The second kappa shape index (κ2) is 6.09. The van der Waals surface area contributed by atoms with Gasteiger partial charge in [-0.05, 0) is 20.8 Å². The van der Waals surface area contributed by atoms with Gasteiger partial charge in [-0.2, -0.15) is 0 Å². The van der Waals surface area contributed by atoms with Crippen LogP contribution in [0.4, 0.5) is 4.79 Å². The number of carbonyl (C=O) groups excluding carboxylic acids is 1. The monoisotopic (exact) mass is 256 g/mol. The summed E-state index contributed by atoms with van der Waals surface area (Å²) in [4.78, 5) is 13.7. The van der Waals surface area contributed by atoms with Crippen LogP contribution in [0, 0.1) is 0 Å². The molecule has 0 radical (unpaired) electrons. The van der Waals surface area contributed by atoms with E-state index in [9.17, 15) is 4.79 Å². The van der Waals surface area contributed by atoms with Crippen molar-refractivity contribution in [2.75, 3.05) is 26.7 Å². The molecule has 1 N–H and O–H groups in total.